The van der Waals surface area contributed by atoms with Crippen LogP contribution in [0.25, 0.3) is 0 Å². The number of ketones is 1. The maximum Gasteiger partial charge on any atom is 0.137 e. The Hall–Kier alpha value is -1.25. The minimum atomic E-state index is -0.624. The molecule has 0 aliphatic heterocycles. The normalized spacial score (nSPS) is 12.4. The molecule has 1 aromatic carbocycles. The van der Waals surface area contributed by atoms with Crippen LogP contribution in [0.15, 0.2) is 18.2 Å². The first kappa shape index (κ1) is 15.8. The lowest BCUT2D eigenvalue weighted by Crippen LogP contribution is -2.10. The number of rotatable bonds is 8. The van der Waals surface area contributed by atoms with Crippen LogP contribution in [0, 0.1) is 17.6 Å². The maximum absolute atomic E-state index is 13.0. The summed E-state index contributed by atoms with van der Waals surface area (Å²) in [6.07, 6.45) is 4.91. The fourth-order valence-corrected chi connectivity index (χ4v) is 2.28. The standard InChI is InChI=1S/C16H22F2O/c1-3-5-6-12(4-2)9-16(19)10-13-7-14(17)11-15(18)8-13/h7-8,11-12H,3-6,9-10H2,1-2H3. The van der Waals surface area contributed by atoms with Crippen molar-refractivity contribution in [3.63, 3.8) is 0 Å². The topological polar surface area (TPSA) is 17.1 Å². The summed E-state index contributed by atoms with van der Waals surface area (Å²) >= 11 is 0. The van der Waals surface area contributed by atoms with E-state index in [2.05, 4.69) is 13.8 Å². The molecular weight excluding hydrogens is 246 g/mol. The van der Waals surface area contributed by atoms with Crippen LogP contribution in [-0.2, 0) is 11.2 Å². The molecule has 0 fully saturated rings. The summed E-state index contributed by atoms with van der Waals surface area (Å²) in [5, 5.41) is 0. The van der Waals surface area contributed by atoms with E-state index in [1.54, 1.807) is 0 Å². The second-order valence-corrected chi connectivity index (χ2v) is 5.11. The second-order valence-electron chi connectivity index (χ2n) is 5.11. The Morgan fingerprint density at radius 1 is 1.16 bits per heavy atom. The molecule has 0 heterocycles. The molecule has 1 atom stereocenters. The highest BCUT2D eigenvalue weighted by Gasteiger charge is 2.13. The Morgan fingerprint density at radius 3 is 2.32 bits per heavy atom. The smallest absolute Gasteiger partial charge is 0.137 e. The highest BCUT2D eigenvalue weighted by molar-refractivity contribution is 5.81. The number of hydrogen-bond donors (Lipinski definition) is 0. The third-order valence-electron chi connectivity index (χ3n) is 3.38. The number of hydrogen-bond acceptors (Lipinski definition) is 1. The zero-order valence-corrected chi connectivity index (χ0v) is 11.7. The second kappa shape index (κ2) is 8.03. The monoisotopic (exact) mass is 268 g/mol. The molecule has 0 aliphatic carbocycles. The Labute approximate surface area is 114 Å². The molecule has 0 spiro atoms. The van der Waals surface area contributed by atoms with Gasteiger partial charge in [-0.05, 0) is 23.6 Å². The molecule has 0 amide bonds. The molecule has 1 nitrogen and oxygen atoms in total. The van der Waals surface area contributed by atoms with E-state index in [1.165, 1.54) is 12.1 Å². The molecule has 0 aromatic heterocycles. The summed E-state index contributed by atoms with van der Waals surface area (Å²) < 4.78 is 26.0. The number of carbonyl (C=O) groups is 1. The van der Waals surface area contributed by atoms with Crippen molar-refractivity contribution in [2.24, 2.45) is 5.92 Å². The number of benzene rings is 1. The van der Waals surface area contributed by atoms with Crippen molar-refractivity contribution in [1.29, 1.82) is 0 Å². The molecule has 19 heavy (non-hydrogen) atoms. The largest absolute Gasteiger partial charge is 0.299 e. The van der Waals surface area contributed by atoms with Gasteiger partial charge < -0.3 is 0 Å². The fourth-order valence-electron chi connectivity index (χ4n) is 2.28. The first-order chi connectivity index (χ1) is 9.05. The van der Waals surface area contributed by atoms with E-state index in [1.807, 2.05) is 0 Å². The molecule has 0 N–H and O–H groups in total. The molecule has 0 radical (unpaired) electrons. The summed E-state index contributed by atoms with van der Waals surface area (Å²) in [6, 6.07) is 3.28. The summed E-state index contributed by atoms with van der Waals surface area (Å²) in [4.78, 5) is 11.9. The van der Waals surface area contributed by atoms with E-state index in [9.17, 15) is 13.6 Å². The van der Waals surface area contributed by atoms with E-state index in [-0.39, 0.29) is 12.2 Å². The first-order valence-corrected chi connectivity index (χ1v) is 7.01. The summed E-state index contributed by atoms with van der Waals surface area (Å²) in [5.41, 5.74) is 0.424. The number of unbranched alkanes of at least 4 members (excludes halogenated alkanes) is 1. The van der Waals surface area contributed by atoms with Gasteiger partial charge in [-0.25, -0.2) is 8.78 Å². The van der Waals surface area contributed by atoms with Crippen molar-refractivity contribution in [3.05, 3.63) is 35.4 Å². The number of halogens is 2. The van der Waals surface area contributed by atoms with E-state index < -0.39 is 11.6 Å². The van der Waals surface area contributed by atoms with E-state index >= 15 is 0 Å². The molecule has 0 aliphatic rings. The molecular formula is C16H22F2O. The third kappa shape index (κ3) is 5.95. The van der Waals surface area contributed by atoms with Crippen molar-refractivity contribution in [2.45, 2.75) is 52.4 Å². The molecule has 3 heteroatoms. The van der Waals surface area contributed by atoms with Crippen LogP contribution in [-0.4, -0.2) is 5.78 Å². The van der Waals surface area contributed by atoms with Crippen molar-refractivity contribution in [3.8, 4) is 0 Å². The quantitative estimate of drug-likeness (QED) is 0.669. The molecule has 0 saturated carbocycles. The summed E-state index contributed by atoms with van der Waals surface area (Å²) in [7, 11) is 0. The predicted octanol–water partition coefficient (Wildman–Crippen LogP) is 4.68. The van der Waals surface area contributed by atoms with Gasteiger partial charge in [-0.2, -0.15) is 0 Å². The van der Waals surface area contributed by atoms with E-state index in [0.717, 1.165) is 31.7 Å². The van der Waals surface area contributed by atoms with Gasteiger partial charge in [-0.1, -0.05) is 39.5 Å². The van der Waals surface area contributed by atoms with Gasteiger partial charge in [0.05, 0.1) is 0 Å². The highest BCUT2D eigenvalue weighted by atomic mass is 19.1. The lowest BCUT2D eigenvalue weighted by atomic mass is 9.92. The zero-order chi connectivity index (χ0) is 14.3. The van der Waals surface area contributed by atoms with E-state index in [0.29, 0.717) is 17.9 Å². The maximum atomic E-state index is 13.0. The molecule has 0 bridgehead atoms. The van der Waals surface area contributed by atoms with Crippen molar-refractivity contribution in [1.82, 2.24) is 0 Å². The average molecular weight is 268 g/mol. The van der Waals surface area contributed by atoms with Gasteiger partial charge in [0.1, 0.15) is 17.4 Å². The lowest BCUT2D eigenvalue weighted by molar-refractivity contribution is -0.119. The number of Topliss-reactive ketones (excluding diaryl/α,β-unsaturated/α-hetero) is 1. The Balaban J connectivity index is 2.53. The fraction of sp³-hybridized carbons (Fsp3) is 0.562. The van der Waals surface area contributed by atoms with Gasteiger partial charge in [0.2, 0.25) is 0 Å². The van der Waals surface area contributed by atoms with Crippen molar-refractivity contribution < 1.29 is 13.6 Å². The molecule has 1 rings (SSSR count). The Kier molecular flexibility index (Phi) is 6.68. The Morgan fingerprint density at radius 2 is 1.79 bits per heavy atom. The summed E-state index contributed by atoms with van der Waals surface area (Å²) in [6.45, 7) is 4.21. The molecule has 106 valence electrons. The van der Waals surface area contributed by atoms with Crippen molar-refractivity contribution >= 4 is 5.78 Å². The van der Waals surface area contributed by atoms with Gasteiger partial charge in [-0.15, -0.1) is 0 Å². The first-order valence-electron chi connectivity index (χ1n) is 7.01. The van der Waals surface area contributed by atoms with Gasteiger partial charge >= 0.3 is 0 Å². The van der Waals surface area contributed by atoms with Gasteiger partial charge in [0.15, 0.2) is 0 Å². The molecule has 1 unspecified atom stereocenters. The highest BCUT2D eigenvalue weighted by Crippen LogP contribution is 2.18. The van der Waals surface area contributed by atoms with Gasteiger partial charge in [-0.3, -0.25) is 4.79 Å². The van der Waals surface area contributed by atoms with Crippen LogP contribution in [0.5, 0.6) is 0 Å². The van der Waals surface area contributed by atoms with Crippen molar-refractivity contribution in [2.75, 3.05) is 0 Å². The van der Waals surface area contributed by atoms with E-state index in [4.69, 9.17) is 0 Å². The Bertz CT molecular complexity index is 395. The lowest BCUT2D eigenvalue weighted by Gasteiger charge is -2.13. The minimum absolute atomic E-state index is 0.0629. The number of carbonyl (C=O) groups excluding carboxylic acids is 1. The SMILES string of the molecule is CCCCC(CC)CC(=O)Cc1cc(F)cc(F)c1. The van der Waals surface area contributed by atoms with Crippen LogP contribution >= 0.6 is 0 Å². The van der Waals surface area contributed by atoms with Crippen LogP contribution in [0.4, 0.5) is 8.78 Å². The molecule has 0 saturated heterocycles. The minimum Gasteiger partial charge on any atom is -0.299 e. The van der Waals surface area contributed by atoms with Crippen LogP contribution in [0.1, 0.15) is 51.5 Å². The zero-order valence-electron chi connectivity index (χ0n) is 11.7. The summed E-state index contributed by atoms with van der Waals surface area (Å²) in [5.74, 6) is -0.791. The van der Waals surface area contributed by atoms with Crippen LogP contribution < -0.4 is 0 Å². The van der Waals surface area contributed by atoms with Gasteiger partial charge in [0, 0.05) is 18.9 Å². The predicted molar refractivity (Wildman–Crippen MR) is 73.0 cm³/mol. The van der Waals surface area contributed by atoms with Crippen LogP contribution in [0.3, 0.4) is 0 Å². The van der Waals surface area contributed by atoms with Gasteiger partial charge in [0.25, 0.3) is 0 Å². The van der Waals surface area contributed by atoms with Crippen LogP contribution in [0.2, 0.25) is 0 Å². The average Bonchev–Trinajstić information content (AvgIpc) is 2.33. The third-order valence-corrected chi connectivity index (χ3v) is 3.38. The molecule has 1 aromatic rings.